The molecule has 1 atom stereocenters. The first-order valence-electron chi connectivity index (χ1n) is 8.38. The molecule has 1 aromatic carbocycles. The maximum absolute atomic E-state index is 12.5. The number of likely N-dealkylation sites (tertiary alicyclic amines) is 1. The summed E-state index contributed by atoms with van der Waals surface area (Å²) in [5.41, 5.74) is 0.474. The lowest BCUT2D eigenvalue weighted by Crippen LogP contribution is -2.40. The summed E-state index contributed by atoms with van der Waals surface area (Å²) in [5.74, 6) is -0.972. The number of carboxylic acid groups (broad SMARTS) is 1. The first kappa shape index (κ1) is 18.0. The van der Waals surface area contributed by atoms with Crippen LogP contribution in [0.1, 0.15) is 18.4 Å². The number of benzene rings is 1. The van der Waals surface area contributed by atoms with Crippen molar-refractivity contribution < 1.29 is 24.2 Å². The van der Waals surface area contributed by atoms with Gasteiger partial charge in [-0.1, -0.05) is 11.6 Å². The first-order chi connectivity index (χ1) is 11.9. The second kappa shape index (κ2) is 7.22. The molecule has 3 rings (SSSR count). The van der Waals surface area contributed by atoms with E-state index in [1.807, 2.05) is 6.92 Å². The van der Waals surface area contributed by atoms with E-state index in [1.165, 1.54) is 0 Å². The van der Waals surface area contributed by atoms with E-state index in [0.29, 0.717) is 43.4 Å². The highest BCUT2D eigenvalue weighted by Crippen LogP contribution is 2.44. The lowest BCUT2D eigenvalue weighted by atomic mass is 9.72. The minimum absolute atomic E-state index is 0.110. The van der Waals surface area contributed by atoms with Gasteiger partial charge < -0.3 is 19.5 Å². The SMILES string of the molecule is Cc1cc(Cl)ccc1OCC(=O)N1CC(C(=O)O)C2(CCOCC2)C1. The number of carbonyl (C=O) groups is 2. The average Bonchev–Trinajstić information content (AvgIpc) is 2.93. The highest BCUT2D eigenvalue weighted by Gasteiger charge is 2.51. The van der Waals surface area contributed by atoms with Gasteiger partial charge in [0.05, 0.1) is 5.92 Å². The Hall–Kier alpha value is -1.79. The second-order valence-corrected chi connectivity index (χ2v) is 7.27. The van der Waals surface area contributed by atoms with Gasteiger partial charge >= 0.3 is 5.97 Å². The van der Waals surface area contributed by atoms with Crippen molar-refractivity contribution in [1.29, 1.82) is 0 Å². The molecule has 0 aliphatic carbocycles. The van der Waals surface area contributed by atoms with Crippen LogP contribution in [0.4, 0.5) is 0 Å². The topological polar surface area (TPSA) is 76.1 Å². The molecule has 136 valence electrons. The van der Waals surface area contributed by atoms with Crippen molar-refractivity contribution in [2.75, 3.05) is 32.9 Å². The van der Waals surface area contributed by atoms with Gasteiger partial charge in [-0.05, 0) is 43.5 Å². The van der Waals surface area contributed by atoms with E-state index in [0.717, 1.165) is 5.56 Å². The Balaban J connectivity index is 1.65. The Labute approximate surface area is 151 Å². The lowest BCUT2D eigenvalue weighted by Gasteiger charge is -2.36. The van der Waals surface area contributed by atoms with Crippen LogP contribution in [0.15, 0.2) is 18.2 Å². The van der Waals surface area contributed by atoms with Crippen LogP contribution in [0.25, 0.3) is 0 Å². The number of rotatable bonds is 4. The molecule has 0 radical (unpaired) electrons. The van der Waals surface area contributed by atoms with Gasteiger partial charge in [0, 0.05) is 36.7 Å². The minimum atomic E-state index is -0.841. The molecular formula is C18H22ClNO5. The minimum Gasteiger partial charge on any atom is -0.483 e. The zero-order chi connectivity index (χ0) is 18.0. The van der Waals surface area contributed by atoms with Crippen molar-refractivity contribution in [3.05, 3.63) is 28.8 Å². The van der Waals surface area contributed by atoms with Crippen LogP contribution < -0.4 is 4.74 Å². The number of amides is 1. The zero-order valence-corrected chi connectivity index (χ0v) is 14.9. The van der Waals surface area contributed by atoms with Gasteiger partial charge in [-0.15, -0.1) is 0 Å². The van der Waals surface area contributed by atoms with E-state index in [9.17, 15) is 14.7 Å². The third-order valence-electron chi connectivity index (χ3n) is 5.28. The highest BCUT2D eigenvalue weighted by atomic mass is 35.5. The molecule has 2 saturated heterocycles. The van der Waals surface area contributed by atoms with Crippen molar-refractivity contribution >= 4 is 23.5 Å². The summed E-state index contributed by atoms with van der Waals surface area (Å²) >= 11 is 5.91. The molecule has 25 heavy (non-hydrogen) atoms. The zero-order valence-electron chi connectivity index (χ0n) is 14.2. The molecular weight excluding hydrogens is 346 g/mol. The Bertz CT molecular complexity index is 671. The summed E-state index contributed by atoms with van der Waals surface area (Å²) in [6, 6.07) is 5.21. The van der Waals surface area contributed by atoms with Gasteiger partial charge in [0.25, 0.3) is 5.91 Å². The third kappa shape index (κ3) is 3.75. The molecule has 1 aromatic rings. The van der Waals surface area contributed by atoms with Gasteiger partial charge in [0.2, 0.25) is 0 Å². The number of carbonyl (C=O) groups excluding carboxylic acids is 1. The van der Waals surface area contributed by atoms with Gasteiger partial charge in [-0.25, -0.2) is 0 Å². The van der Waals surface area contributed by atoms with Gasteiger partial charge in [0.15, 0.2) is 6.61 Å². The second-order valence-electron chi connectivity index (χ2n) is 6.84. The molecule has 0 saturated carbocycles. The summed E-state index contributed by atoms with van der Waals surface area (Å²) in [7, 11) is 0. The molecule has 0 aromatic heterocycles. The number of aliphatic carboxylic acids is 1. The predicted molar refractivity (Wildman–Crippen MR) is 91.9 cm³/mol. The van der Waals surface area contributed by atoms with E-state index in [4.69, 9.17) is 21.1 Å². The van der Waals surface area contributed by atoms with Crippen molar-refractivity contribution in [3.8, 4) is 5.75 Å². The third-order valence-corrected chi connectivity index (χ3v) is 5.51. The number of nitrogens with zero attached hydrogens (tertiary/aromatic N) is 1. The molecule has 1 N–H and O–H groups in total. The van der Waals surface area contributed by atoms with Crippen molar-refractivity contribution in [2.24, 2.45) is 11.3 Å². The lowest BCUT2D eigenvalue weighted by molar-refractivity contribution is -0.146. The average molecular weight is 368 g/mol. The molecule has 0 bridgehead atoms. The Morgan fingerprint density at radius 3 is 2.76 bits per heavy atom. The molecule has 1 amide bonds. The van der Waals surface area contributed by atoms with Gasteiger partial charge in [-0.3, -0.25) is 9.59 Å². The van der Waals surface area contributed by atoms with Crippen LogP contribution in [-0.2, 0) is 14.3 Å². The van der Waals surface area contributed by atoms with Gasteiger partial charge in [0.1, 0.15) is 5.75 Å². The van der Waals surface area contributed by atoms with Crippen molar-refractivity contribution in [3.63, 3.8) is 0 Å². The summed E-state index contributed by atoms with van der Waals surface area (Å²) in [6.07, 6.45) is 1.34. The van der Waals surface area contributed by atoms with E-state index in [1.54, 1.807) is 23.1 Å². The van der Waals surface area contributed by atoms with Crippen LogP contribution in [0.5, 0.6) is 5.75 Å². The summed E-state index contributed by atoms with van der Waals surface area (Å²) in [5, 5.41) is 10.2. The molecule has 2 aliphatic heterocycles. The summed E-state index contributed by atoms with van der Waals surface area (Å²) in [6.45, 7) is 3.53. The first-order valence-corrected chi connectivity index (χ1v) is 8.76. The number of ether oxygens (including phenoxy) is 2. The molecule has 2 fully saturated rings. The van der Waals surface area contributed by atoms with Crippen molar-refractivity contribution in [1.82, 2.24) is 4.90 Å². The maximum atomic E-state index is 12.5. The van der Waals surface area contributed by atoms with Crippen LogP contribution in [0, 0.1) is 18.3 Å². The number of halogens is 1. The fourth-order valence-corrected chi connectivity index (χ4v) is 4.02. The van der Waals surface area contributed by atoms with E-state index < -0.39 is 11.9 Å². The Morgan fingerprint density at radius 2 is 2.12 bits per heavy atom. The number of hydrogen-bond donors (Lipinski definition) is 1. The quantitative estimate of drug-likeness (QED) is 0.884. The number of hydrogen-bond acceptors (Lipinski definition) is 4. The fourth-order valence-electron chi connectivity index (χ4n) is 3.79. The normalized spacial score (nSPS) is 22.2. The molecule has 1 spiro atoms. The predicted octanol–water partition coefficient (Wildman–Crippen LogP) is 2.37. The summed E-state index contributed by atoms with van der Waals surface area (Å²) in [4.78, 5) is 25.8. The number of carboxylic acids is 1. The smallest absolute Gasteiger partial charge is 0.308 e. The fraction of sp³-hybridized carbons (Fsp3) is 0.556. The molecule has 1 unspecified atom stereocenters. The largest absolute Gasteiger partial charge is 0.483 e. The van der Waals surface area contributed by atoms with Gasteiger partial charge in [-0.2, -0.15) is 0 Å². The van der Waals surface area contributed by atoms with Crippen LogP contribution in [0.2, 0.25) is 5.02 Å². The molecule has 6 nitrogen and oxygen atoms in total. The van der Waals surface area contributed by atoms with E-state index in [2.05, 4.69) is 0 Å². The van der Waals surface area contributed by atoms with Crippen LogP contribution >= 0.6 is 11.6 Å². The Kier molecular flexibility index (Phi) is 5.20. The van der Waals surface area contributed by atoms with E-state index >= 15 is 0 Å². The maximum Gasteiger partial charge on any atom is 0.308 e. The van der Waals surface area contributed by atoms with Crippen LogP contribution in [0.3, 0.4) is 0 Å². The monoisotopic (exact) mass is 367 g/mol. The standard InChI is InChI=1S/C18H22ClNO5/c1-12-8-13(19)2-3-15(12)25-10-16(21)20-9-14(17(22)23)18(11-20)4-6-24-7-5-18/h2-3,8,14H,4-7,9-11H2,1H3,(H,22,23). The molecule has 7 heteroatoms. The number of aryl methyl sites for hydroxylation is 1. The molecule has 2 heterocycles. The Morgan fingerprint density at radius 1 is 1.40 bits per heavy atom. The van der Waals surface area contributed by atoms with Crippen molar-refractivity contribution in [2.45, 2.75) is 19.8 Å². The van der Waals surface area contributed by atoms with Crippen LogP contribution in [-0.4, -0.2) is 54.8 Å². The molecule has 2 aliphatic rings. The van der Waals surface area contributed by atoms with E-state index in [-0.39, 0.29) is 24.5 Å². The summed E-state index contributed by atoms with van der Waals surface area (Å²) < 4.78 is 11.0. The highest BCUT2D eigenvalue weighted by molar-refractivity contribution is 6.30.